The molecular weight excluding hydrogens is 280 g/mol. The molecule has 0 spiro atoms. The van der Waals surface area contributed by atoms with Crippen LogP contribution in [-0.2, 0) is 6.42 Å². The van der Waals surface area contributed by atoms with Crippen LogP contribution in [0, 0.1) is 0 Å². The summed E-state index contributed by atoms with van der Waals surface area (Å²) in [5.74, 6) is 0.834. The highest BCUT2D eigenvalue weighted by Gasteiger charge is 2.26. The van der Waals surface area contributed by atoms with Crippen LogP contribution in [0.5, 0.6) is 5.75 Å². The van der Waals surface area contributed by atoms with Crippen LogP contribution >= 0.6 is 15.9 Å². The second-order valence-electron chi connectivity index (χ2n) is 4.53. The van der Waals surface area contributed by atoms with Crippen LogP contribution < -0.4 is 4.74 Å². The average molecular weight is 297 g/mol. The first-order valence-electron chi connectivity index (χ1n) is 5.85. The molecular formula is C14H17BrO2. The first kappa shape index (κ1) is 12.7. The molecule has 0 heterocycles. The minimum Gasteiger partial charge on any atom is -0.496 e. The number of ether oxygens (including phenoxy) is 1. The van der Waals surface area contributed by atoms with Gasteiger partial charge in [-0.2, -0.15) is 0 Å². The van der Waals surface area contributed by atoms with E-state index in [1.807, 2.05) is 24.3 Å². The third-order valence-corrected chi connectivity index (χ3v) is 3.64. The number of allylic oxidation sites excluding steroid dienone is 1. The SMILES string of the molecule is COc1ccc(Br)cc1CC1(O)C=CCCC1. The highest BCUT2D eigenvalue weighted by molar-refractivity contribution is 9.10. The zero-order valence-electron chi connectivity index (χ0n) is 9.95. The molecule has 0 amide bonds. The highest BCUT2D eigenvalue weighted by atomic mass is 79.9. The molecule has 2 nitrogen and oxygen atoms in total. The van der Waals surface area contributed by atoms with Gasteiger partial charge in [0.25, 0.3) is 0 Å². The van der Waals surface area contributed by atoms with Crippen LogP contribution in [-0.4, -0.2) is 17.8 Å². The van der Waals surface area contributed by atoms with Crippen molar-refractivity contribution in [2.24, 2.45) is 0 Å². The number of aliphatic hydroxyl groups is 1. The molecule has 2 rings (SSSR count). The van der Waals surface area contributed by atoms with E-state index in [1.165, 1.54) is 0 Å². The second-order valence-corrected chi connectivity index (χ2v) is 5.45. The molecule has 0 aromatic heterocycles. The van der Waals surface area contributed by atoms with Gasteiger partial charge in [0.05, 0.1) is 12.7 Å². The lowest BCUT2D eigenvalue weighted by atomic mass is 9.85. The quantitative estimate of drug-likeness (QED) is 0.866. The number of hydrogen-bond acceptors (Lipinski definition) is 2. The summed E-state index contributed by atoms with van der Waals surface area (Å²) in [7, 11) is 1.66. The maximum Gasteiger partial charge on any atom is 0.122 e. The molecule has 1 N–H and O–H groups in total. The molecule has 0 fully saturated rings. The number of benzene rings is 1. The summed E-state index contributed by atoms with van der Waals surface area (Å²) in [5, 5.41) is 10.5. The Morgan fingerprint density at radius 2 is 2.29 bits per heavy atom. The predicted molar refractivity (Wildman–Crippen MR) is 72.3 cm³/mol. The Morgan fingerprint density at radius 3 is 2.94 bits per heavy atom. The smallest absolute Gasteiger partial charge is 0.122 e. The molecule has 92 valence electrons. The number of halogens is 1. The topological polar surface area (TPSA) is 29.5 Å². The van der Waals surface area contributed by atoms with E-state index in [-0.39, 0.29) is 0 Å². The highest BCUT2D eigenvalue weighted by Crippen LogP contribution is 2.31. The third-order valence-electron chi connectivity index (χ3n) is 3.15. The standard InChI is InChI=1S/C14H17BrO2/c1-17-13-6-5-12(15)9-11(13)10-14(16)7-3-2-4-8-14/h3,5-7,9,16H,2,4,8,10H2,1H3. The van der Waals surface area contributed by atoms with Gasteiger partial charge in [-0.25, -0.2) is 0 Å². The van der Waals surface area contributed by atoms with Gasteiger partial charge in [0.2, 0.25) is 0 Å². The van der Waals surface area contributed by atoms with Crippen molar-refractivity contribution in [3.63, 3.8) is 0 Å². The molecule has 17 heavy (non-hydrogen) atoms. The molecule has 1 aromatic rings. The monoisotopic (exact) mass is 296 g/mol. The second kappa shape index (κ2) is 5.23. The van der Waals surface area contributed by atoms with Crippen molar-refractivity contribution in [1.29, 1.82) is 0 Å². The lowest BCUT2D eigenvalue weighted by molar-refractivity contribution is 0.0744. The average Bonchev–Trinajstić information content (AvgIpc) is 2.29. The Kier molecular flexibility index (Phi) is 3.89. The predicted octanol–water partition coefficient (Wildman–Crippen LogP) is 3.47. The van der Waals surface area contributed by atoms with E-state index < -0.39 is 5.60 Å². The van der Waals surface area contributed by atoms with Crippen LogP contribution in [0.2, 0.25) is 0 Å². The molecule has 1 unspecified atom stereocenters. The van der Waals surface area contributed by atoms with Gasteiger partial charge in [0.1, 0.15) is 5.75 Å². The Labute approximate surface area is 110 Å². The van der Waals surface area contributed by atoms with E-state index in [4.69, 9.17) is 4.74 Å². The Hall–Kier alpha value is -0.800. The fourth-order valence-electron chi connectivity index (χ4n) is 2.27. The van der Waals surface area contributed by atoms with Gasteiger partial charge >= 0.3 is 0 Å². The van der Waals surface area contributed by atoms with Crippen molar-refractivity contribution >= 4 is 15.9 Å². The lowest BCUT2D eigenvalue weighted by Crippen LogP contribution is -2.30. The minimum absolute atomic E-state index is 0.603. The maximum atomic E-state index is 10.5. The van der Waals surface area contributed by atoms with Gasteiger partial charge in [0.15, 0.2) is 0 Å². The largest absolute Gasteiger partial charge is 0.496 e. The summed E-state index contributed by atoms with van der Waals surface area (Å²) in [5.41, 5.74) is 0.322. The Morgan fingerprint density at radius 1 is 1.47 bits per heavy atom. The summed E-state index contributed by atoms with van der Waals surface area (Å²) < 4.78 is 6.34. The first-order valence-corrected chi connectivity index (χ1v) is 6.65. The molecule has 0 bridgehead atoms. The summed E-state index contributed by atoms with van der Waals surface area (Å²) in [6, 6.07) is 5.89. The number of hydrogen-bond donors (Lipinski definition) is 1. The van der Waals surface area contributed by atoms with Gasteiger partial charge in [-0.1, -0.05) is 28.1 Å². The molecule has 0 aliphatic heterocycles. The van der Waals surface area contributed by atoms with E-state index >= 15 is 0 Å². The van der Waals surface area contributed by atoms with Crippen LogP contribution in [0.4, 0.5) is 0 Å². The van der Waals surface area contributed by atoms with Gasteiger partial charge in [-0.3, -0.25) is 0 Å². The van der Waals surface area contributed by atoms with Crippen LogP contribution in [0.1, 0.15) is 24.8 Å². The van der Waals surface area contributed by atoms with E-state index in [0.717, 1.165) is 35.0 Å². The van der Waals surface area contributed by atoms with Gasteiger partial charge in [-0.15, -0.1) is 0 Å². The van der Waals surface area contributed by atoms with Crippen LogP contribution in [0.3, 0.4) is 0 Å². The fourth-order valence-corrected chi connectivity index (χ4v) is 2.68. The zero-order valence-corrected chi connectivity index (χ0v) is 11.5. The molecule has 1 aliphatic rings. The summed E-state index contributed by atoms with van der Waals surface area (Å²) in [6.07, 6.45) is 7.53. The lowest BCUT2D eigenvalue weighted by Gasteiger charge is -2.28. The maximum absolute atomic E-state index is 10.5. The summed E-state index contributed by atoms with van der Waals surface area (Å²) in [4.78, 5) is 0. The fraction of sp³-hybridized carbons (Fsp3) is 0.429. The van der Waals surface area contributed by atoms with Gasteiger partial charge in [0, 0.05) is 10.9 Å². The third kappa shape index (κ3) is 3.11. The van der Waals surface area contributed by atoms with E-state index in [9.17, 15) is 5.11 Å². The molecule has 1 aliphatic carbocycles. The Bertz CT molecular complexity index is 428. The van der Waals surface area contributed by atoms with Gasteiger partial charge < -0.3 is 9.84 Å². The zero-order chi connectivity index (χ0) is 12.3. The van der Waals surface area contributed by atoms with Crippen molar-refractivity contribution in [2.45, 2.75) is 31.3 Å². The van der Waals surface area contributed by atoms with Crippen molar-refractivity contribution in [2.75, 3.05) is 7.11 Å². The summed E-state index contributed by atoms with van der Waals surface area (Å²) >= 11 is 3.45. The molecule has 1 aromatic carbocycles. The molecule has 3 heteroatoms. The van der Waals surface area contributed by atoms with Crippen molar-refractivity contribution in [1.82, 2.24) is 0 Å². The molecule has 0 radical (unpaired) electrons. The Balaban J connectivity index is 2.25. The molecule has 0 saturated carbocycles. The minimum atomic E-state index is -0.716. The first-order chi connectivity index (χ1) is 8.13. The number of methoxy groups -OCH3 is 1. The van der Waals surface area contributed by atoms with Crippen molar-refractivity contribution in [3.8, 4) is 5.75 Å². The van der Waals surface area contributed by atoms with E-state index in [1.54, 1.807) is 7.11 Å². The summed E-state index contributed by atoms with van der Waals surface area (Å²) in [6.45, 7) is 0. The van der Waals surface area contributed by atoms with Crippen molar-refractivity contribution < 1.29 is 9.84 Å². The number of rotatable bonds is 3. The van der Waals surface area contributed by atoms with Crippen LogP contribution in [0.25, 0.3) is 0 Å². The van der Waals surface area contributed by atoms with E-state index in [2.05, 4.69) is 22.0 Å². The normalized spacial score (nSPS) is 23.7. The van der Waals surface area contributed by atoms with E-state index in [0.29, 0.717) is 6.42 Å². The van der Waals surface area contributed by atoms with Gasteiger partial charge in [-0.05, 0) is 43.0 Å². The molecule has 1 atom stereocenters. The van der Waals surface area contributed by atoms with Crippen LogP contribution in [0.15, 0.2) is 34.8 Å². The van der Waals surface area contributed by atoms with Crippen molar-refractivity contribution in [3.05, 3.63) is 40.4 Å². The molecule has 0 saturated heterocycles.